The monoisotopic (exact) mass is 431 g/mol. The Morgan fingerprint density at radius 3 is 2.61 bits per heavy atom. The molecule has 142 valence electrons. The van der Waals surface area contributed by atoms with Gasteiger partial charge in [0.05, 0.1) is 29.9 Å². The van der Waals surface area contributed by atoms with Gasteiger partial charge in [-0.3, -0.25) is 5.41 Å². The van der Waals surface area contributed by atoms with Crippen LogP contribution in [0.1, 0.15) is 5.01 Å². The molecule has 28 heavy (non-hydrogen) atoms. The van der Waals surface area contributed by atoms with Crippen LogP contribution < -0.4 is 9.64 Å². The maximum absolute atomic E-state index is 10.5. The number of anilines is 1. The third kappa shape index (κ3) is 3.35. The van der Waals surface area contributed by atoms with E-state index in [9.17, 15) is 5.11 Å². The molecule has 0 atom stereocenters. The minimum absolute atomic E-state index is 0.106. The highest BCUT2D eigenvalue weighted by molar-refractivity contribution is 7.11. The van der Waals surface area contributed by atoms with E-state index < -0.39 is 0 Å². The normalized spacial score (nSPS) is 14.1. The average molecular weight is 432 g/mol. The zero-order valence-corrected chi connectivity index (χ0v) is 17.1. The van der Waals surface area contributed by atoms with Crippen LogP contribution in [0.4, 0.5) is 5.69 Å². The van der Waals surface area contributed by atoms with E-state index in [4.69, 9.17) is 33.3 Å². The Morgan fingerprint density at radius 1 is 1.18 bits per heavy atom. The quantitative estimate of drug-likeness (QED) is 0.539. The van der Waals surface area contributed by atoms with Gasteiger partial charge in [0.15, 0.2) is 0 Å². The first-order valence-corrected chi connectivity index (χ1v) is 9.95. The second kappa shape index (κ2) is 7.47. The number of methoxy groups -OCH3 is 1. The van der Waals surface area contributed by atoms with Crippen molar-refractivity contribution in [1.29, 1.82) is 5.41 Å². The Balaban J connectivity index is 1.62. The lowest BCUT2D eigenvalue weighted by atomic mass is 10.2. The minimum atomic E-state index is 0.106. The standard InChI is InChI=1S/C20H15Cl2N3O2S/c1-27-17-7-6-13(8-14(17)22)25-9-16(26)18(19(25)23)20-24-15(10-28-20)11-2-4-12(21)5-3-11/h2-8,10,23,26H,9H2,1H3. The van der Waals surface area contributed by atoms with E-state index in [1.54, 1.807) is 42.3 Å². The van der Waals surface area contributed by atoms with Gasteiger partial charge in [0.25, 0.3) is 0 Å². The van der Waals surface area contributed by atoms with Crippen molar-refractivity contribution in [1.82, 2.24) is 4.98 Å². The van der Waals surface area contributed by atoms with E-state index in [1.807, 2.05) is 17.5 Å². The number of nitrogens with one attached hydrogen (secondary N) is 1. The third-order valence-electron chi connectivity index (χ3n) is 4.41. The molecule has 0 saturated carbocycles. The number of aliphatic hydroxyl groups is 1. The summed E-state index contributed by atoms with van der Waals surface area (Å²) in [5.41, 5.74) is 2.83. The fourth-order valence-corrected chi connectivity index (χ4v) is 4.26. The van der Waals surface area contributed by atoms with Crippen LogP contribution in [0.5, 0.6) is 5.75 Å². The highest BCUT2D eigenvalue weighted by Crippen LogP contribution is 2.36. The fourth-order valence-electron chi connectivity index (χ4n) is 2.99. The summed E-state index contributed by atoms with van der Waals surface area (Å²) in [7, 11) is 1.55. The number of aromatic nitrogens is 1. The predicted molar refractivity (Wildman–Crippen MR) is 115 cm³/mol. The van der Waals surface area contributed by atoms with Crippen LogP contribution in [-0.4, -0.2) is 29.6 Å². The largest absolute Gasteiger partial charge is 0.510 e. The number of rotatable bonds is 4. The molecule has 0 amide bonds. The number of hydrogen-bond acceptors (Lipinski definition) is 5. The molecule has 0 bridgehead atoms. The molecule has 2 N–H and O–H groups in total. The van der Waals surface area contributed by atoms with Crippen molar-refractivity contribution in [3.8, 4) is 17.0 Å². The molecular formula is C20H15Cl2N3O2S. The molecule has 0 aliphatic carbocycles. The van der Waals surface area contributed by atoms with Crippen molar-refractivity contribution in [3.05, 3.63) is 68.7 Å². The van der Waals surface area contributed by atoms with Crippen LogP contribution in [0.25, 0.3) is 16.8 Å². The lowest BCUT2D eigenvalue weighted by Gasteiger charge is -2.19. The molecule has 0 spiro atoms. The van der Waals surface area contributed by atoms with Crippen molar-refractivity contribution in [2.75, 3.05) is 18.6 Å². The first kappa shape index (κ1) is 18.8. The number of halogens is 2. The summed E-state index contributed by atoms with van der Waals surface area (Å²) in [5, 5.41) is 22.7. The zero-order valence-electron chi connectivity index (χ0n) is 14.7. The van der Waals surface area contributed by atoms with E-state index in [-0.39, 0.29) is 18.1 Å². The maximum Gasteiger partial charge on any atom is 0.139 e. The number of ether oxygens (including phenoxy) is 1. The lowest BCUT2D eigenvalue weighted by Crippen LogP contribution is -2.26. The molecule has 3 aromatic rings. The first-order chi connectivity index (χ1) is 13.5. The van der Waals surface area contributed by atoms with Crippen LogP contribution in [0.2, 0.25) is 10.0 Å². The van der Waals surface area contributed by atoms with Gasteiger partial charge in [-0.2, -0.15) is 0 Å². The number of benzene rings is 2. The molecule has 0 fully saturated rings. The van der Waals surface area contributed by atoms with Crippen LogP contribution >= 0.6 is 34.5 Å². The van der Waals surface area contributed by atoms with Gasteiger partial charge in [-0.15, -0.1) is 11.3 Å². The Hall–Kier alpha value is -2.54. The van der Waals surface area contributed by atoms with Crippen molar-refractivity contribution in [2.45, 2.75) is 0 Å². The molecule has 2 aromatic carbocycles. The molecule has 2 heterocycles. The number of thiazole rings is 1. The Bertz CT molecular complexity index is 1090. The second-order valence-corrected chi connectivity index (χ2v) is 7.82. The number of nitrogens with zero attached hydrogens (tertiary/aromatic N) is 2. The molecular weight excluding hydrogens is 417 g/mol. The third-order valence-corrected chi connectivity index (χ3v) is 5.82. The van der Waals surface area contributed by atoms with Gasteiger partial charge in [0, 0.05) is 21.7 Å². The van der Waals surface area contributed by atoms with Crippen LogP contribution in [0, 0.1) is 5.41 Å². The molecule has 1 aromatic heterocycles. The highest BCUT2D eigenvalue weighted by atomic mass is 35.5. The summed E-state index contributed by atoms with van der Waals surface area (Å²) in [6.07, 6.45) is 0. The number of aliphatic hydroxyl groups excluding tert-OH is 1. The summed E-state index contributed by atoms with van der Waals surface area (Å²) < 4.78 is 5.17. The van der Waals surface area contributed by atoms with E-state index >= 15 is 0 Å². The van der Waals surface area contributed by atoms with Crippen molar-refractivity contribution < 1.29 is 9.84 Å². The number of hydrogen-bond donors (Lipinski definition) is 2. The van der Waals surface area contributed by atoms with Gasteiger partial charge in [0.1, 0.15) is 22.4 Å². The number of amidine groups is 1. The van der Waals surface area contributed by atoms with Crippen LogP contribution in [0.15, 0.2) is 53.6 Å². The predicted octanol–water partition coefficient (Wildman–Crippen LogP) is 5.89. The van der Waals surface area contributed by atoms with E-state index in [0.717, 1.165) is 11.3 Å². The Kier molecular flexibility index (Phi) is 5.02. The topological polar surface area (TPSA) is 69.4 Å². The molecule has 0 saturated heterocycles. The maximum atomic E-state index is 10.5. The SMILES string of the molecule is COc1ccc(N2CC(O)=C(c3nc(-c4ccc(Cl)cc4)cs3)C2=N)cc1Cl. The van der Waals surface area contributed by atoms with Crippen molar-refractivity contribution in [2.24, 2.45) is 0 Å². The smallest absolute Gasteiger partial charge is 0.139 e. The summed E-state index contributed by atoms with van der Waals surface area (Å²) >= 11 is 13.5. The summed E-state index contributed by atoms with van der Waals surface area (Å²) in [4.78, 5) is 6.29. The molecule has 1 aliphatic rings. The second-order valence-electron chi connectivity index (χ2n) is 6.12. The molecule has 0 radical (unpaired) electrons. The molecule has 0 unspecified atom stereocenters. The first-order valence-electron chi connectivity index (χ1n) is 8.32. The van der Waals surface area contributed by atoms with E-state index in [2.05, 4.69) is 4.98 Å². The summed E-state index contributed by atoms with van der Waals surface area (Å²) in [6, 6.07) is 12.6. The van der Waals surface area contributed by atoms with Gasteiger partial charge in [-0.05, 0) is 30.3 Å². The van der Waals surface area contributed by atoms with Gasteiger partial charge >= 0.3 is 0 Å². The molecule has 8 heteroatoms. The van der Waals surface area contributed by atoms with Gasteiger partial charge < -0.3 is 14.7 Å². The van der Waals surface area contributed by atoms with Gasteiger partial charge in [-0.1, -0.05) is 35.3 Å². The Morgan fingerprint density at radius 2 is 1.93 bits per heavy atom. The van der Waals surface area contributed by atoms with Crippen LogP contribution in [-0.2, 0) is 0 Å². The van der Waals surface area contributed by atoms with E-state index in [0.29, 0.717) is 32.1 Å². The molecule has 5 nitrogen and oxygen atoms in total. The van der Waals surface area contributed by atoms with Crippen LogP contribution in [0.3, 0.4) is 0 Å². The van der Waals surface area contributed by atoms with Crippen molar-refractivity contribution >= 4 is 51.6 Å². The fraction of sp³-hybridized carbons (Fsp3) is 0.100. The average Bonchev–Trinajstić information content (AvgIpc) is 3.26. The molecule has 1 aliphatic heterocycles. The van der Waals surface area contributed by atoms with Gasteiger partial charge in [-0.25, -0.2) is 4.98 Å². The zero-order chi connectivity index (χ0) is 19.8. The van der Waals surface area contributed by atoms with Crippen molar-refractivity contribution in [3.63, 3.8) is 0 Å². The summed E-state index contributed by atoms with van der Waals surface area (Å²) in [5.74, 6) is 0.839. The highest BCUT2D eigenvalue weighted by Gasteiger charge is 2.31. The van der Waals surface area contributed by atoms with Gasteiger partial charge in [0.2, 0.25) is 0 Å². The lowest BCUT2D eigenvalue weighted by molar-refractivity contribution is 0.411. The minimum Gasteiger partial charge on any atom is -0.510 e. The molecule has 4 rings (SSSR count). The van der Waals surface area contributed by atoms with E-state index in [1.165, 1.54) is 11.3 Å². The Labute approximate surface area is 175 Å². The summed E-state index contributed by atoms with van der Waals surface area (Å²) in [6.45, 7) is 0.187.